The van der Waals surface area contributed by atoms with Gasteiger partial charge in [0.2, 0.25) is 0 Å². The minimum atomic E-state index is -0.881. The number of hydrogen-bond donors (Lipinski definition) is 3. The van der Waals surface area contributed by atoms with Crippen molar-refractivity contribution in [2.45, 2.75) is 0 Å². The number of primary amides is 1. The highest BCUT2D eigenvalue weighted by molar-refractivity contribution is 7.14. The number of benzene rings is 1. The Hall–Kier alpha value is -3.90. The molecule has 3 rings (SSSR count). The van der Waals surface area contributed by atoms with E-state index in [4.69, 9.17) is 19.9 Å². The van der Waals surface area contributed by atoms with Crippen LogP contribution < -0.4 is 25.8 Å². The van der Waals surface area contributed by atoms with Gasteiger partial charge in [-0.2, -0.15) is 0 Å². The fourth-order valence-electron chi connectivity index (χ4n) is 2.71. The van der Waals surface area contributed by atoms with Crippen molar-refractivity contribution >= 4 is 57.1 Å². The molecule has 0 radical (unpaired) electrons. The summed E-state index contributed by atoms with van der Waals surface area (Å²) >= 11 is 2.34. The van der Waals surface area contributed by atoms with Crippen LogP contribution in [-0.2, 0) is 9.53 Å². The zero-order valence-corrected chi connectivity index (χ0v) is 19.1. The van der Waals surface area contributed by atoms with E-state index in [9.17, 15) is 19.2 Å². The number of esters is 1. The van der Waals surface area contributed by atoms with Gasteiger partial charge in [0.05, 0.1) is 35.9 Å². The average Bonchev–Trinajstić information content (AvgIpc) is 3.49. The van der Waals surface area contributed by atoms with E-state index in [-0.39, 0.29) is 33.3 Å². The maximum absolute atomic E-state index is 12.8. The first-order valence-corrected chi connectivity index (χ1v) is 11.0. The van der Waals surface area contributed by atoms with Gasteiger partial charge in [0.1, 0.15) is 5.00 Å². The number of anilines is 2. The maximum Gasteiger partial charge on any atom is 0.340 e. The van der Waals surface area contributed by atoms with E-state index in [0.717, 1.165) is 11.3 Å². The van der Waals surface area contributed by atoms with Crippen molar-refractivity contribution in [1.29, 1.82) is 0 Å². The van der Waals surface area contributed by atoms with E-state index in [2.05, 4.69) is 10.6 Å². The summed E-state index contributed by atoms with van der Waals surface area (Å²) < 4.78 is 15.6. The van der Waals surface area contributed by atoms with Gasteiger partial charge in [-0.15, -0.1) is 22.7 Å². The quantitative estimate of drug-likeness (QED) is 0.392. The lowest BCUT2D eigenvalue weighted by Crippen LogP contribution is -2.23. The molecule has 12 heteroatoms. The number of carbonyl (C=O) groups excluding carboxylic acids is 4. The zero-order chi connectivity index (χ0) is 24.0. The third-order valence-corrected chi connectivity index (χ3v) is 5.95. The Labute approximate surface area is 196 Å². The predicted molar refractivity (Wildman–Crippen MR) is 124 cm³/mol. The van der Waals surface area contributed by atoms with E-state index < -0.39 is 30.3 Å². The minimum absolute atomic E-state index is 0.0423. The summed E-state index contributed by atoms with van der Waals surface area (Å²) in [7, 11) is 2.80. The van der Waals surface area contributed by atoms with Crippen LogP contribution in [0.15, 0.2) is 41.1 Å². The first-order chi connectivity index (χ1) is 15.8. The van der Waals surface area contributed by atoms with Crippen LogP contribution in [0.1, 0.15) is 30.4 Å². The van der Waals surface area contributed by atoms with Crippen molar-refractivity contribution in [3.8, 4) is 11.5 Å². The van der Waals surface area contributed by atoms with E-state index in [1.165, 1.54) is 43.8 Å². The van der Waals surface area contributed by atoms with Crippen LogP contribution in [0, 0.1) is 0 Å². The predicted octanol–water partition coefficient (Wildman–Crippen LogP) is 2.97. The van der Waals surface area contributed by atoms with Crippen LogP contribution in [-0.4, -0.2) is 44.5 Å². The molecule has 4 N–H and O–H groups in total. The van der Waals surface area contributed by atoms with Gasteiger partial charge in [0.25, 0.3) is 17.7 Å². The molecule has 0 aliphatic rings. The molecule has 0 saturated carbocycles. The van der Waals surface area contributed by atoms with E-state index in [1.807, 2.05) is 0 Å². The molecule has 2 aromatic heterocycles. The number of rotatable bonds is 9. The van der Waals surface area contributed by atoms with Crippen LogP contribution in [0.3, 0.4) is 0 Å². The first-order valence-electron chi connectivity index (χ1n) is 9.29. The largest absolute Gasteiger partial charge is 0.493 e. The molecular formula is C21H19N3O7S2. The Morgan fingerprint density at radius 1 is 0.939 bits per heavy atom. The normalized spacial score (nSPS) is 10.2. The fraction of sp³-hybridized carbons (Fsp3) is 0.143. The van der Waals surface area contributed by atoms with Crippen LogP contribution in [0.4, 0.5) is 10.7 Å². The molecule has 0 saturated heterocycles. The molecule has 0 atom stereocenters. The zero-order valence-electron chi connectivity index (χ0n) is 17.5. The third-order valence-electron chi connectivity index (χ3n) is 4.25. The van der Waals surface area contributed by atoms with Crippen molar-refractivity contribution in [3.63, 3.8) is 0 Å². The molecule has 0 spiro atoms. The van der Waals surface area contributed by atoms with Crippen molar-refractivity contribution in [3.05, 3.63) is 57.1 Å². The van der Waals surface area contributed by atoms with Gasteiger partial charge in [0.15, 0.2) is 18.1 Å². The second-order valence-electron chi connectivity index (χ2n) is 6.34. The number of nitrogens with two attached hydrogens (primary N) is 1. The SMILES string of the molecule is COc1cc(NC(=O)c2cccs2)c(C(=O)OCC(=O)Nc2sccc2C(N)=O)cc1OC. The molecule has 0 aliphatic carbocycles. The number of nitrogens with one attached hydrogen (secondary N) is 2. The van der Waals surface area contributed by atoms with Crippen molar-refractivity contribution < 1.29 is 33.4 Å². The highest BCUT2D eigenvalue weighted by Crippen LogP contribution is 2.34. The van der Waals surface area contributed by atoms with E-state index in [0.29, 0.717) is 4.88 Å². The Balaban J connectivity index is 1.77. The lowest BCUT2D eigenvalue weighted by atomic mass is 10.1. The summed E-state index contributed by atoms with van der Waals surface area (Å²) in [5, 5.41) is 8.71. The second-order valence-corrected chi connectivity index (χ2v) is 8.20. The van der Waals surface area contributed by atoms with Crippen LogP contribution in [0.2, 0.25) is 0 Å². The Morgan fingerprint density at radius 2 is 1.67 bits per heavy atom. The summed E-state index contributed by atoms with van der Waals surface area (Å²) in [5.41, 5.74) is 5.48. The van der Waals surface area contributed by atoms with Gasteiger partial charge in [-0.3, -0.25) is 14.4 Å². The highest BCUT2D eigenvalue weighted by atomic mass is 32.1. The van der Waals surface area contributed by atoms with Crippen LogP contribution in [0.5, 0.6) is 11.5 Å². The standard InChI is InChI=1S/C21H19N3O7S2/c1-29-14-8-12(13(9-15(14)30-2)23-19(27)16-4-3-6-32-16)21(28)31-10-17(25)24-20-11(18(22)26)5-7-33-20/h3-9H,10H2,1-2H3,(H2,22,26)(H,23,27)(H,24,25). The molecule has 33 heavy (non-hydrogen) atoms. The molecular weight excluding hydrogens is 470 g/mol. The smallest absolute Gasteiger partial charge is 0.340 e. The summed E-state index contributed by atoms with van der Waals surface area (Å²) in [5.74, 6) is -2.16. The lowest BCUT2D eigenvalue weighted by molar-refractivity contribution is -0.119. The van der Waals surface area contributed by atoms with Crippen molar-refractivity contribution in [2.75, 3.05) is 31.5 Å². The van der Waals surface area contributed by atoms with E-state index >= 15 is 0 Å². The third kappa shape index (κ3) is 5.67. The molecule has 0 unspecified atom stereocenters. The molecule has 0 bridgehead atoms. The van der Waals surface area contributed by atoms with Crippen molar-refractivity contribution in [1.82, 2.24) is 0 Å². The summed E-state index contributed by atoms with van der Waals surface area (Å²) in [6, 6.07) is 7.59. The lowest BCUT2D eigenvalue weighted by Gasteiger charge is -2.15. The maximum atomic E-state index is 12.8. The minimum Gasteiger partial charge on any atom is -0.493 e. The number of amides is 3. The number of methoxy groups -OCH3 is 2. The molecule has 1 aromatic carbocycles. The molecule has 10 nitrogen and oxygen atoms in total. The molecule has 3 aromatic rings. The number of hydrogen-bond acceptors (Lipinski definition) is 9. The van der Waals surface area contributed by atoms with Gasteiger partial charge in [0, 0.05) is 12.1 Å². The van der Waals surface area contributed by atoms with Gasteiger partial charge >= 0.3 is 5.97 Å². The second kappa shape index (κ2) is 10.6. The van der Waals surface area contributed by atoms with Crippen LogP contribution >= 0.6 is 22.7 Å². The molecule has 0 fully saturated rings. The first kappa shape index (κ1) is 23.8. The topological polar surface area (TPSA) is 146 Å². The number of ether oxygens (including phenoxy) is 3. The molecule has 3 amide bonds. The Bertz CT molecular complexity index is 1190. The number of carbonyl (C=O) groups is 4. The Morgan fingerprint density at radius 3 is 2.30 bits per heavy atom. The highest BCUT2D eigenvalue weighted by Gasteiger charge is 2.22. The summed E-state index contributed by atoms with van der Waals surface area (Å²) in [4.78, 5) is 49.3. The monoisotopic (exact) mass is 489 g/mol. The fourth-order valence-corrected chi connectivity index (χ4v) is 4.14. The summed E-state index contributed by atoms with van der Waals surface area (Å²) in [6.07, 6.45) is 0. The van der Waals surface area contributed by atoms with Gasteiger partial charge in [-0.1, -0.05) is 6.07 Å². The Kier molecular flexibility index (Phi) is 7.64. The van der Waals surface area contributed by atoms with Crippen molar-refractivity contribution in [2.24, 2.45) is 5.73 Å². The van der Waals surface area contributed by atoms with Gasteiger partial charge in [-0.05, 0) is 22.9 Å². The van der Waals surface area contributed by atoms with Crippen LogP contribution in [0.25, 0.3) is 0 Å². The molecule has 0 aliphatic heterocycles. The van der Waals surface area contributed by atoms with Gasteiger partial charge < -0.3 is 30.6 Å². The van der Waals surface area contributed by atoms with Gasteiger partial charge in [-0.25, -0.2) is 4.79 Å². The number of thiophene rings is 2. The molecule has 172 valence electrons. The molecule has 2 heterocycles. The van der Waals surface area contributed by atoms with E-state index in [1.54, 1.807) is 22.9 Å². The average molecular weight is 490 g/mol. The summed E-state index contributed by atoms with van der Waals surface area (Å²) in [6.45, 7) is -0.637.